The molecule has 3 heteroatoms. The Balaban J connectivity index is 2.03. The SMILES string of the molecule is CCCC[C@H](C)CCCCCCCCS(=O)(=O)c1ccccc1. The highest BCUT2D eigenvalue weighted by molar-refractivity contribution is 7.91. The Morgan fingerprint density at radius 1 is 0.826 bits per heavy atom. The number of rotatable bonds is 13. The first-order valence-corrected chi connectivity index (χ1v) is 11.0. The van der Waals surface area contributed by atoms with Crippen LogP contribution in [0, 0.1) is 5.92 Å². The van der Waals surface area contributed by atoms with E-state index in [0.29, 0.717) is 4.90 Å². The fourth-order valence-electron chi connectivity index (χ4n) is 2.93. The quantitative estimate of drug-likeness (QED) is 0.412. The maximum atomic E-state index is 12.1. The van der Waals surface area contributed by atoms with Gasteiger partial charge in [0.15, 0.2) is 9.84 Å². The van der Waals surface area contributed by atoms with Gasteiger partial charge in [-0.1, -0.05) is 89.8 Å². The van der Waals surface area contributed by atoms with Gasteiger partial charge in [-0.2, -0.15) is 0 Å². The van der Waals surface area contributed by atoms with Crippen molar-refractivity contribution in [3.8, 4) is 0 Å². The van der Waals surface area contributed by atoms with Gasteiger partial charge in [-0.3, -0.25) is 0 Å². The summed E-state index contributed by atoms with van der Waals surface area (Å²) in [5, 5.41) is 0. The molecule has 1 atom stereocenters. The lowest BCUT2D eigenvalue weighted by Crippen LogP contribution is -2.06. The maximum absolute atomic E-state index is 12.1. The van der Waals surface area contributed by atoms with Crippen molar-refractivity contribution in [1.82, 2.24) is 0 Å². The van der Waals surface area contributed by atoms with Gasteiger partial charge in [-0.25, -0.2) is 8.42 Å². The molecule has 1 rings (SSSR count). The molecule has 0 N–H and O–H groups in total. The van der Waals surface area contributed by atoms with E-state index in [4.69, 9.17) is 0 Å². The third-order valence-corrected chi connectivity index (χ3v) is 6.33. The predicted molar refractivity (Wildman–Crippen MR) is 99.5 cm³/mol. The number of hydrogen-bond acceptors (Lipinski definition) is 2. The molecule has 0 aliphatic rings. The molecule has 0 bridgehead atoms. The summed E-state index contributed by atoms with van der Waals surface area (Å²) in [7, 11) is -3.08. The summed E-state index contributed by atoms with van der Waals surface area (Å²) in [6, 6.07) is 8.80. The van der Waals surface area contributed by atoms with Crippen LogP contribution < -0.4 is 0 Å². The van der Waals surface area contributed by atoms with Crippen LogP contribution in [0.15, 0.2) is 35.2 Å². The summed E-state index contributed by atoms with van der Waals surface area (Å²) in [5.74, 6) is 1.15. The molecule has 0 spiro atoms. The van der Waals surface area contributed by atoms with Gasteiger partial charge in [0.25, 0.3) is 0 Å². The third kappa shape index (κ3) is 9.14. The zero-order valence-corrected chi connectivity index (χ0v) is 15.8. The minimum Gasteiger partial charge on any atom is -0.224 e. The predicted octanol–water partition coefficient (Wildman–Crippen LogP) is 6.02. The Kier molecular flexibility index (Phi) is 10.3. The first-order chi connectivity index (χ1) is 11.1. The lowest BCUT2D eigenvalue weighted by atomic mass is 9.97. The molecule has 0 amide bonds. The molecule has 0 unspecified atom stereocenters. The van der Waals surface area contributed by atoms with Gasteiger partial charge in [0.2, 0.25) is 0 Å². The summed E-state index contributed by atoms with van der Waals surface area (Å²) in [6.07, 6.45) is 12.2. The Hall–Kier alpha value is -0.830. The van der Waals surface area contributed by atoms with E-state index >= 15 is 0 Å². The van der Waals surface area contributed by atoms with Gasteiger partial charge < -0.3 is 0 Å². The van der Waals surface area contributed by atoms with Crippen molar-refractivity contribution in [1.29, 1.82) is 0 Å². The summed E-state index contributed by atoms with van der Waals surface area (Å²) in [4.78, 5) is 0.459. The molecule has 1 aromatic carbocycles. The van der Waals surface area contributed by atoms with Crippen molar-refractivity contribution >= 4 is 9.84 Å². The van der Waals surface area contributed by atoms with Crippen molar-refractivity contribution in [3.63, 3.8) is 0 Å². The minimum absolute atomic E-state index is 0.283. The van der Waals surface area contributed by atoms with E-state index in [1.807, 2.05) is 6.07 Å². The van der Waals surface area contributed by atoms with Crippen molar-refractivity contribution in [2.45, 2.75) is 83.0 Å². The second kappa shape index (κ2) is 11.7. The normalized spacial score (nSPS) is 13.1. The lowest BCUT2D eigenvalue weighted by molar-refractivity contribution is 0.442. The molecule has 1 aromatic rings. The first-order valence-electron chi connectivity index (χ1n) is 9.34. The molecule has 0 aliphatic carbocycles. The van der Waals surface area contributed by atoms with Crippen LogP contribution in [0.5, 0.6) is 0 Å². The molecular weight excluding hydrogens is 304 g/mol. The molecule has 0 heterocycles. The highest BCUT2D eigenvalue weighted by atomic mass is 32.2. The fourth-order valence-corrected chi connectivity index (χ4v) is 4.33. The standard InChI is InChI=1S/C20H34O2S/c1-3-4-14-19(2)15-10-7-5-6-8-13-18-23(21,22)20-16-11-9-12-17-20/h9,11-12,16-17,19H,3-8,10,13-15,18H2,1-2H3/t19-/m0/s1. The van der Waals surface area contributed by atoms with Crippen LogP contribution in [-0.2, 0) is 9.84 Å². The maximum Gasteiger partial charge on any atom is 0.178 e. The van der Waals surface area contributed by atoms with Crippen molar-refractivity contribution in [3.05, 3.63) is 30.3 Å². The number of sulfone groups is 1. The zero-order valence-electron chi connectivity index (χ0n) is 15.0. The first kappa shape index (κ1) is 20.2. The van der Waals surface area contributed by atoms with Gasteiger partial charge >= 0.3 is 0 Å². The van der Waals surface area contributed by atoms with E-state index in [1.165, 1.54) is 44.9 Å². The molecule has 23 heavy (non-hydrogen) atoms. The number of hydrogen-bond donors (Lipinski definition) is 0. The van der Waals surface area contributed by atoms with E-state index in [0.717, 1.165) is 25.2 Å². The molecule has 0 saturated heterocycles. The van der Waals surface area contributed by atoms with Crippen LogP contribution in [0.25, 0.3) is 0 Å². The third-order valence-electron chi connectivity index (χ3n) is 4.51. The molecule has 132 valence electrons. The summed E-state index contributed by atoms with van der Waals surface area (Å²) >= 11 is 0. The summed E-state index contributed by atoms with van der Waals surface area (Å²) < 4.78 is 24.3. The fraction of sp³-hybridized carbons (Fsp3) is 0.700. The average molecular weight is 339 g/mol. The van der Waals surface area contributed by atoms with E-state index in [2.05, 4.69) is 13.8 Å². The molecule has 0 aromatic heterocycles. The lowest BCUT2D eigenvalue weighted by Gasteiger charge is -2.10. The Morgan fingerprint density at radius 3 is 2.04 bits per heavy atom. The summed E-state index contributed by atoms with van der Waals surface area (Å²) in [6.45, 7) is 4.62. The van der Waals surface area contributed by atoms with Gasteiger partial charge in [-0.05, 0) is 24.5 Å². The van der Waals surface area contributed by atoms with Crippen molar-refractivity contribution in [2.75, 3.05) is 5.75 Å². The second-order valence-corrected chi connectivity index (χ2v) is 8.90. The van der Waals surface area contributed by atoms with Crippen LogP contribution >= 0.6 is 0 Å². The Morgan fingerprint density at radius 2 is 1.39 bits per heavy atom. The smallest absolute Gasteiger partial charge is 0.178 e. The van der Waals surface area contributed by atoms with Crippen LogP contribution in [0.4, 0.5) is 0 Å². The number of unbranched alkanes of at least 4 members (excludes halogenated alkanes) is 6. The van der Waals surface area contributed by atoms with Crippen LogP contribution in [0.3, 0.4) is 0 Å². The highest BCUT2D eigenvalue weighted by Gasteiger charge is 2.12. The van der Waals surface area contributed by atoms with Gasteiger partial charge in [0, 0.05) is 0 Å². The second-order valence-electron chi connectivity index (χ2n) is 6.79. The number of benzene rings is 1. The van der Waals surface area contributed by atoms with Crippen molar-refractivity contribution in [2.24, 2.45) is 5.92 Å². The Bertz CT molecular complexity index is 494. The monoisotopic (exact) mass is 338 g/mol. The Labute approximate surface area is 143 Å². The van der Waals surface area contributed by atoms with Crippen LogP contribution in [-0.4, -0.2) is 14.2 Å². The van der Waals surface area contributed by atoms with E-state index in [-0.39, 0.29) is 5.75 Å². The van der Waals surface area contributed by atoms with E-state index in [1.54, 1.807) is 24.3 Å². The summed E-state index contributed by atoms with van der Waals surface area (Å²) in [5.41, 5.74) is 0. The highest BCUT2D eigenvalue weighted by Crippen LogP contribution is 2.17. The molecule has 2 nitrogen and oxygen atoms in total. The van der Waals surface area contributed by atoms with Gasteiger partial charge in [-0.15, -0.1) is 0 Å². The molecular formula is C20H34O2S. The zero-order chi connectivity index (χ0) is 17.0. The topological polar surface area (TPSA) is 34.1 Å². The van der Waals surface area contributed by atoms with Gasteiger partial charge in [0.1, 0.15) is 0 Å². The molecule has 0 radical (unpaired) electrons. The average Bonchev–Trinajstić information content (AvgIpc) is 2.56. The van der Waals surface area contributed by atoms with Crippen LogP contribution in [0.2, 0.25) is 0 Å². The molecule has 0 saturated carbocycles. The molecule has 0 aliphatic heterocycles. The van der Waals surface area contributed by atoms with Gasteiger partial charge in [0.05, 0.1) is 10.6 Å². The van der Waals surface area contributed by atoms with Crippen molar-refractivity contribution < 1.29 is 8.42 Å². The van der Waals surface area contributed by atoms with E-state index in [9.17, 15) is 8.42 Å². The largest absolute Gasteiger partial charge is 0.224 e. The minimum atomic E-state index is -3.08. The van der Waals surface area contributed by atoms with E-state index < -0.39 is 9.84 Å². The van der Waals surface area contributed by atoms with Crippen LogP contribution in [0.1, 0.15) is 78.1 Å². The molecule has 0 fully saturated rings.